The maximum atomic E-state index is 10.5. The summed E-state index contributed by atoms with van der Waals surface area (Å²) in [5.41, 5.74) is 2.69. The minimum absolute atomic E-state index is 0.301. The summed E-state index contributed by atoms with van der Waals surface area (Å²) in [6.45, 7) is 3.84. The summed E-state index contributed by atoms with van der Waals surface area (Å²) in [5.74, 6) is 0.301. The quantitative estimate of drug-likeness (QED) is 0.485. The van der Waals surface area contributed by atoms with Crippen molar-refractivity contribution in [1.29, 1.82) is 0 Å². The van der Waals surface area contributed by atoms with Gasteiger partial charge in [-0.15, -0.1) is 0 Å². The Morgan fingerprint density at radius 3 is 1.52 bits per heavy atom. The number of nitrogens with zero attached hydrogens (tertiary/aromatic N) is 1. The first-order valence-corrected chi connectivity index (χ1v) is 11.8. The van der Waals surface area contributed by atoms with Crippen LogP contribution in [0.15, 0.2) is 97.2 Å². The molecule has 0 aliphatic rings. The van der Waals surface area contributed by atoms with Crippen LogP contribution in [-0.2, 0) is 6.16 Å². The molecule has 0 atom stereocenters. The lowest BCUT2D eigenvalue weighted by Crippen LogP contribution is -2.32. The van der Waals surface area contributed by atoms with Gasteiger partial charge in [0.1, 0.15) is 35.1 Å². The van der Waals surface area contributed by atoms with Crippen molar-refractivity contribution in [3.05, 3.63) is 114 Å². The second-order valence-electron chi connectivity index (χ2n) is 7.32. The first-order chi connectivity index (χ1) is 14.1. The van der Waals surface area contributed by atoms with Crippen molar-refractivity contribution in [3.8, 4) is 5.75 Å². The Morgan fingerprint density at radius 2 is 1.10 bits per heavy atom. The number of aryl methyl sites for hydroxylation is 1. The number of aromatic nitrogens is 1. The van der Waals surface area contributed by atoms with E-state index in [9.17, 15) is 5.11 Å². The van der Waals surface area contributed by atoms with Crippen molar-refractivity contribution in [2.24, 2.45) is 0 Å². The minimum atomic E-state index is -1.99. The van der Waals surface area contributed by atoms with Crippen LogP contribution in [-0.4, -0.2) is 10.1 Å². The molecular formula is C26H25NOP+. The van der Waals surface area contributed by atoms with Crippen molar-refractivity contribution in [2.45, 2.75) is 20.0 Å². The third-order valence-corrected chi connectivity index (χ3v) is 9.95. The summed E-state index contributed by atoms with van der Waals surface area (Å²) in [6.07, 6.45) is 2.76. The fourth-order valence-corrected chi connectivity index (χ4v) is 8.25. The van der Waals surface area contributed by atoms with Gasteiger partial charge in [-0.2, -0.15) is 0 Å². The van der Waals surface area contributed by atoms with Crippen LogP contribution in [0.2, 0.25) is 0 Å². The standard InChI is InChI=1S/C26H24NOP/c1-20-22(18-27-21(2)26(20)28)19-29(23-12-6-3-7-13-23,24-14-8-4-9-15-24)25-16-10-5-11-17-25/h3-18H,19H2,1-2H3/p+1. The van der Waals surface area contributed by atoms with Gasteiger partial charge in [-0.1, -0.05) is 54.6 Å². The van der Waals surface area contributed by atoms with E-state index in [4.69, 9.17) is 0 Å². The molecule has 0 unspecified atom stereocenters. The molecule has 3 aromatic carbocycles. The van der Waals surface area contributed by atoms with E-state index in [1.54, 1.807) is 0 Å². The smallest absolute Gasteiger partial charge is 0.140 e. The normalized spacial score (nSPS) is 11.4. The van der Waals surface area contributed by atoms with Gasteiger partial charge in [-0.05, 0) is 50.2 Å². The Morgan fingerprint density at radius 1 is 0.690 bits per heavy atom. The second-order valence-corrected chi connectivity index (χ2v) is 10.8. The highest BCUT2D eigenvalue weighted by atomic mass is 31.2. The number of hydrogen-bond donors (Lipinski definition) is 1. The largest absolute Gasteiger partial charge is 0.506 e. The molecule has 1 heterocycles. The second kappa shape index (κ2) is 8.19. The zero-order valence-corrected chi connectivity index (χ0v) is 17.7. The van der Waals surface area contributed by atoms with Crippen LogP contribution >= 0.6 is 7.26 Å². The average Bonchev–Trinajstić information content (AvgIpc) is 2.79. The Hall–Kier alpha value is -2.96. The van der Waals surface area contributed by atoms with Gasteiger partial charge >= 0.3 is 0 Å². The Kier molecular flexibility index (Phi) is 5.47. The van der Waals surface area contributed by atoms with Crippen LogP contribution in [0, 0.1) is 13.8 Å². The van der Waals surface area contributed by atoms with Gasteiger partial charge in [0.15, 0.2) is 0 Å². The highest BCUT2D eigenvalue weighted by molar-refractivity contribution is 7.95. The van der Waals surface area contributed by atoms with Gasteiger partial charge in [0.25, 0.3) is 0 Å². The zero-order valence-electron chi connectivity index (χ0n) is 16.8. The van der Waals surface area contributed by atoms with E-state index < -0.39 is 7.26 Å². The number of hydrogen-bond acceptors (Lipinski definition) is 2. The molecule has 4 aromatic rings. The predicted octanol–water partition coefficient (Wildman–Crippen LogP) is 4.90. The van der Waals surface area contributed by atoms with E-state index in [2.05, 4.69) is 96.0 Å². The maximum absolute atomic E-state index is 10.5. The highest BCUT2D eigenvalue weighted by Crippen LogP contribution is 2.58. The van der Waals surface area contributed by atoms with Crippen LogP contribution in [0.5, 0.6) is 5.75 Å². The predicted molar refractivity (Wildman–Crippen MR) is 124 cm³/mol. The summed E-state index contributed by atoms with van der Waals surface area (Å²) in [5, 5.41) is 14.5. The molecule has 0 saturated carbocycles. The van der Waals surface area contributed by atoms with Gasteiger partial charge in [0.2, 0.25) is 0 Å². The molecule has 3 heteroatoms. The van der Waals surface area contributed by atoms with Crippen molar-refractivity contribution in [3.63, 3.8) is 0 Å². The van der Waals surface area contributed by atoms with Gasteiger partial charge in [0.05, 0.1) is 5.69 Å². The number of rotatable bonds is 5. The van der Waals surface area contributed by atoms with Crippen LogP contribution < -0.4 is 15.9 Å². The summed E-state index contributed by atoms with van der Waals surface area (Å²) >= 11 is 0. The molecule has 144 valence electrons. The van der Waals surface area contributed by atoms with E-state index in [1.807, 2.05) is 20.0 Å². The fourth-order valence-electron chi connectivity index (χ4n) is 3.94. The Balaban J connectivity index is 2.02. The van der Waals surface area contributed by atoms with Gasteiger partial charge in [-0.3, -0.25) is 4.98 Å². The molecule has 1 N–H and O–H groups in total. The van der Waals surface area contributed by atoms with Crippen LogP contribution in [0.1, 0.15) is 16.8 Å². The summed E-state index contributed by atoms with van der Waals surface area (Å²) in [6, 6.07) is 32.4. The van der Waals surface area contributed by atoms with Crippen LogP contribution in [0.3, 0.4) is 0 Å². The molecule has 0 fully saturated rings. The molecule has 0 bridgehead atoms. The van der Waals surface area contributed by atoms with Crippen LogP contribution in [0.25, 0.3) is 0 Å². The lowest BCUT2D eigenvalue weighted by atomic mass is 10.1. The molecule has 0 spiro atoms. The monoisotopic (exact) mass is 398 g/mol. The zero-order chi connectivity index (χ0) is 20.3. The van der Waals surface area contributed by atoms with Gasteiger partial charge in [0, 0.05) is 17.3 Å². The van der Waals surface area contributed by atoms with Crippen LogP contribution in [0.4, 0.5) is 0 Å². The third kappa shape index (κ3) is 3.57. The molecule has 0 amide bonds. The molecule has 0 aliphatic carbocycles. The molecular weight excluding hydrogens is 373 g/mol. The van der Waals surface area contributed by atoms with E-state index >= 15 is 0 Å². The van der Waals surface area contributed by atoms with Crippen molar-refractivity contribution < 1.29 is 5.11 Å². The molecule has 0 saturated heterocycles. The Bertz CT molecular complexity index is 999. The molecule has 1 aromatic heterocycles. The van der Waals surface area contributed by atoms with E-state index in [0.29, 0.717) is 11.4 Å². The van der Waals surface area contributed by atoms with E-state index in [0.717, 1.165) is 17.3 Å². The molecule has 29 heavy (non-hydrogen) atoms. The maximum Gasteiger partial charge on any atom is 0.140 e. The van der Waals surface area contributed by atoms with E-state index in [1.165, 1.54) is 15.9 Å². The summed E-state index contributed by atoms with van der Waals surface area (Å²) < 4.78 is 0. The fraction of sp³-hybridized carbons (Fsp3) is 0.115. The average molecular weight is 398 g/mol. The molecule has 0 radical (unpaired) electrons. The van der Waals surface area contributed by atoms with E-state index in [-0.39, 0.29) is 0 Å². The first kappa shape index (κ1) is 19.4. The summed E-state index contributed by atoms with van der Waals surface area (Å²) in [4.78, 5) is 4.47. The van der Waals surface area contributed by atoms with Crippen molar-refractivity contribution >= 4 is 23.2 Å². The lowest BCUT2D eigenvalue weighted by Gasteiger charge is -2.28. The van der Waals surface area contributed by atoms with Crippen molar-refractivity contribution in [1.82, 2.24) is 4.98 Å². The number of benzene rings is 3. The molecule has 0 aliphatic heterocycles. The molecule has 4 rings (SSSR count). The Labute approximate surface area is 173 Å². The molecule has 2 nitrogen and oxygen atoms in total. The van der Waals surface area contributed by atoms with Crippen molar-refractivity contribution in [2.75, 3.05) is 0 Å². The number of pyridine rings is 1. The SMILES string of the molecule is Cc1ncc(C[P+](c2ccccc2)(c2ccccc2)c2ccccc2)c(C)c1O. The minimum Gasteiger partial charge on any atom is -0.506 e. The lowest BCUT2D eigenvalue weighted by molar-refractivity contribution is 0.462. The number of aromatic hydroxyl groups is 1. The highest BCUT2D eigenvalue weighted by Gasteiger charge is 2.45. The third-order valence-electron chi connectivity index (χ3n) is 5.59. The van der Waals surface area contributed by atoms with Gasteiger partial charge in [-0.25, -0.2) is 0 Å². The van der Waals surface area contributed by atoms with Gasteiger partial charge < -0.3 is 5.11 Å². The summed E-state index contributed by atoms with van der Waals surface area (Å²) in [7, 11) is -1.99. The first-order valence-electron chi connectivity index (χ1n) is 9.82. The topological polar surface area (TPSA) is 33.1 Å².